The van der Waals surface area contributed by atoms with Gasteiger partial charge in [-0.2, -0.15) is 5.10 Å². The van der Waals surface area contributed by atoms with Crippen LogP contribution in [0.4, 0.5) is 0 Å². The van der Waals surface area contributed by atoms with E-state index in [0.717, 1.165) is 5.69 Å². The van der Waals surface area contributed by atoms with Crippen LogP contribution in [0.3, 0.4) is 0 Å². The third-order valence-electron chi connectivity index (χ3n) is 6.23. The summed E-state index contributed by atoms with van der Waals surface area (Å²) >= 11 is 0. The number of carbonyl (C=O) groups is 3. The van der Waals surface area contributed by atoms with Crippen LogP contribution in [0.1, 0.15) is 57.2 Å². The lowest BCUT2D eigenvalue weighted by Gasteiger charge is -2.45. The van der Waals surface area contributed by atoms with E-state index in [1.807, 2.05) is 13.8 Å². The first-order chi connectivity index (χ1) is 13.7. The highest BCUT2D eigenvalue weighted by Gasteiger charge is 2.48. The molecule has 2 amide bonds. The van der Waals surface area contributed by atoms with Crippen LogP contribution in [-0.2, 0) is 20.6 Å². The van der Waals surface area contributed by atoms with Crippen molar-refractivity contribution < 1.29 is 18.8 Å². The molecule has 0 unspecified atom stereocenters. The number of nitrogens with one attached hydrogen (secondary N) is 2. The van der Waals surface area contributed by atoms with Crippen molar-refractivity contribution in [3.05, 3.63) is 17.5 Å². The summed E-state index contributed by atoms with van der Waals surface area (Å²) in [5.41, 5.74) is 1.24. The van der Waals surface area contributed by atoms with Crippen molar-refractivity contribution in [3.8, 4) is 0 Å². The zero-order chi connectivity index (χ0) is 22.9. The van der Waals surface area contributed by atoms with Crippen molar-refractivity contribution in [2.45, 2.75) is 84.8 Å². The molecule has 168 valence electrons. The monoisotopic (exact) mass is 436 g/mol. The Morgan fingerprint density at radius 1 is 1.37 bits per heavy atom. The molecule has 0 spiro atoms. The summed E-state index contributed by atoms with van der Waals surface area (Å²) in [6.45, 7) is 17.0. The van der Waals surface area contributed by atoms with E-state index in [-0.39, 0.29) is 47.1 Å². The van der Waals surface area contributed by atoms with Gasteiger partial charge in [0, 0.05) is 25.6 Å². The highest BCUT2D eigenvalue weighted by Crippen LogP contribution is 2.39. The number of Topliss-reactive ketones (excluding diaryl/α,β-unsaturated/α-hetero) is 1. The third-order valence-corrected chi connectivity index (χ3v) is 10.8. The number of carbonyl (C=O) groups excluding carboxylic acids is 3. The van der Waals surface area contributed by atoms with Crippen molar-refractivity contribution in [1.82, 2.24) is 20.4 Å². The average molecular weight is 437 g/mol. The Morgan fingerprint density at radius 2 is 2.00 bits per heavy atom. The average Bonchev–Trinajstić information content (AvgIpc) is 2.93. The first-order valence-corrected chi connectivity index (χ1v) is 13.4. The van der Waals surface area contributed by atoms with E-state index >= 15 is 0 Å². The van der Waals surface area contributed by atoms with Gasteiger partial charge in [-0.05, 0) is 38.0 Å². The molecule has 1 aliphatic rings. The summed E-state index contributed by atoms with van der Waals surface area (Å²) in [6, 6.07) is 1.51. The van der Waals surface area contributed by atoms with E-state index in [1.165, 1.54) is 6.92 Å². The summed E-state index contributed by atoms with van der Waals surface area (Å²) in [5.74, 6) is -0.593. The predicted molar refractivity (Wildman–Crippen MR) is 118 cm³/mol. The molecule has 0 radical (unpaired) electrons. The maximum absolute atomic E-state index is 12.8. The van der Waals surface area contributed by atoms with Crippen LogP contribution in [-0.4, -0.2) is 54.4 Å². The topological polar surface area (TPSA) is 102 Å². The molecular weight excluding hydrogens is 400 g/mol. The molecule has 30 heavy (non-hydrogen) atoms. The maximum atomic E-state index is 12.8. The number of hydrogen-bond donors (Lipinski definition) is 2. The van der Waals surface area contributed by atoms with E-state index in [1.54, 1.807) is 10.7 Å². The van der Waals surface area contributed by atoms with E-state index in [0.29, 0.717) is 18.8 Å². The second-order valence-electron chi connectivity index (χ2n) is 9.73. The smallest absolute Gasteiger partial charge is 0.228 e. The number of aryl methyl sites for hydroxylation is 1. The molecule has 0 aromatic carbocycles. The van der Waals surface area contributed by atoms with Crippen molar-refractivity contribution in [1.29, 1.82) is 0 Å². The van der Waals surface area contributed by atoms with Gasteiger partial charge >= 0.3 is 0 Å². The van der Waals surface area contributed by atoms with Crippen LogP contribution in [0.25, 0.3) is 0 Å². The molecule has 2 heterocycles. The molecule has 1 aliphatic heterocycles. The van der Waals surface area contributed by atoms with Gasteiger partial charge in [-0.25, -0.2) is 0 Å². The molecule has 1 aromatic rings. The number of ketones is 1. The van der Waals surface area contributed by atoms with Crippen molar-refractivity contribution in [2.75, 3.05) is 6.54 Å². The summed E-state index contributed by atoms with van der Waals surface area (Å²) in [7, 11) is -2.01. The second kappa shape index (κ2) is 9.01. The SMILES string of the molecule is CC(=O)NCCn1nc(C(=O)C[C@H]2NC(=O)[C@@H]2[C@@H](C)O[Si](C)(C)C(C)(C)C)cc1C. The molecule has 2 N–H and O–H groups in total. The van der Waals surface area contributed by atoms with Crippen LogP contribution in [0.2, 0.25) is 18.1 Å². The quantitative estimate of drug-likeness (QED) is 0.352. The van der Waals surface area contributed by atoms with Crippen LogP contribution >= 0.6 is 0 Å². The Kier molecular flexibility index (Phi) is 7.29. The Bertz CT molecular complexity index is 812. The van der Waals surface area contributed by atoms with Crippen molar-refractivity contribution in [2.24, 2.45) is 5.92 Å². The van der Waals surface area contributed by atoms with Crippen LogP contribution in [0.5, 0.6) is 0 Å². The molecule has 9 heteroatoms. The zero-order valence-electron chi connectivity index (χ0n) is 19.5. The van der Waals surface area contributed by atoms with Crippen molar-refractivity contribution >= 4 is 25.9 Å². The molecule has 3 atom stereocenters. The second-order valence-corrected chi connectivity index (χ2v) is 14.5. The van der Waals surface area contributed by atoms with E-state index in [9.17, 15) is 14.4 Å². The van der Waals surface area contributed by atoms with Gasteiger partial charge in [0.05, 0.1) is 24.6 Å². The molecule has 1 fully saturated rings. The number of amides is 2. The maximum Gasteiger partial charge on any atom is 0.228 e. The number of β-lactam (4-membered cyclic amide) rings is 1. The fourth-order valence-corrected chi connectivity index (χ4v) is 4.83. The zero-order valence-corrected chi connectivity index (χ0v) is 20.5. The Morgan fingerprint density at radius 3 is 2.53 bits per heavy atom. The number of rotatable bonds is 9. The number of hydrogen-bond acceptors (Lipinski definition) is 5. The van der Waals surface area contributed by atoms with Gasteiger partial charge in [0.15, 0.2) is 14.1 Å². The van der Waals surface area contributed by atoms with Gasteiger partial charge in [-0.3, -0.25) is 19.1 Å². The van der Waals surface area contributed by atoms with Gasteiger partial charge in [-0.15, -0.1) is 0 Å². The summed E-state index contributed by atoms with van der Waals surface area (Å²) < 4.78 is 8.10. The van der Waals surface area contributed by atoms with Gasteiger partial charge in [0.1, 0.15) is 5.69 Å². The van der Waals surface area contributed by atoms with Gasteiger partial charge < -0.3 is 15.1 Å². The lowest BCUT2D eigenvalue weighted by Crippen LogP contribution is -2.64. The normalized spacial score (nSPS) is 20.3. The molecule has 1 saturated heterocycles. The summed E-state index contributed by atoms with van der Waals surface area (Å²) in [5, 5.41) is 10.0. The van der Waals surface area contributed by atoms with Crippen LogP contribution in [0, 0.1) is 12.8 Å². The molecule has 0 bridgehead atoms. The van der Waals surface area contributed by atoms with E-state index in [4.69, 9.17) is 4.43 Å². The van der Waals surface area contributed by atoms with Gasteiger partial charge in [0.2, 0.25) is 11.8 Å². The highest BCUT2D eigenvalue weighted by molar-refractivity contribution is 6.74. The lowest BCUT2D eigenvalue weighted by molar-refractivity contribution is -0.139. The summed E-state index contributed by atoms with van der Waals surface area (Å²) in [6.07, 6.45) is -0.0431. The fraction of sp³-hybridized carbons (Fsp3) is 0.714. The summed E-state index contributed by atoms with van der Waals surface area (Å²) in [4.78, 5) is 36.0. The first-order valence-electron chi connectivity index (χ1n) is 10.5. The Balaban J connectivity index is 2.00. The number of aromatic nitrogens is 2. The third kappa shape index (κ3) is 5.57. The molecule has 0 saturated carbocycles. The molecular formula is C21H36N4O4Si. The van der Waals surface area contributed by atoms with Crippen molar-refractivity contribution in [3.63, 3.8) is 0 Å². The molecule has 1 aromatic heterocycles. The Hall–Kier alpha value is -2.00. The van der Waals surface area contributed by atoms with E-state index in [2.05, 4.69) is 49.6 Å². The van der Waals surface area contributed by atoms with Crippen LogP contribution < -0.4 is 10.6 Å². The molecule has 2 rings (SSSR count). The van der Waals surface area contributed by atoms with E-state index < -0.39 is 8.32 Å². The largest absolute Gasteiger partial charge is 0.413 e. The van der Waals surface area contributed by atoms with Crippen LogP contribution in [0.15, 0.2) is 6.07 Å². The molecule has 8 nitrogen and oxygen atoms in total. The minimum Gasteiger partial charge on any atom is -0.413 e. The highest BCUT2D eigenvalue weighted by atomic mass is 28.4. The Labute approximate surface area is 180 Å². The van der Waals surface area contributed by atoms with Gasteiger partial charge in [-0.1, -0.05) is 20.8 Å². The van der Waals surface area contributed by atoms with Gasteiger partial charge in [0.25, 0.3) is 0 Å². The lowest BCUT2D eigenvalue weighted by atomic mass is 9.83. The first kappa shape index (κ1) is 24.3. The predicted octanol–water partition coefficient (Wildman–Crippen LogP) is 2.43. The fourth-order valence-electron chi connectivity index (χ4n) is 3.40. The number of nitrogens with zero attached hydrogens (tertiary/aromatic N) is 2. The standard InChI is InChI=1S/C21H36N4O4Si/c1-13-11-16(24-25(13)10-9-22-15(3)26)18(27)12-17-19(20(28)23-17)14(2)29-30(7,8)21(4,5)6/h11,14,17,19H,9-10,12H2,1-8H3,(H,22,26)(H,23,28)/t14-,17-,19-/m1/s1. The minimum atomic E-state index is -2.01. The molecule has 0 aliphatic carbocycles. The minimum absolute atomic E-state index is 0.0500.